The van der Waals surface area contributed by atoms with Crippen LogP contribution in [-0.2, 0) is 0 Å². The summed E-state index contributed by atoms with van der Waals surface area (Å²) in [6.07, 6.45) is 1.45. The number of pyridine rings is 1. The van der Waals surface area contributed by atoms with Crippen LogP contribution < -0.4 is 0 Å². The molecule has 0 radical (unpaired) electrons. The molecule has 0 aliphatic heterocycles. The zero-order chi connectivity index (χ0) is 14.3. The number of rotatable bonds is 2. The highest BCUT2D eigenvalue weighted by molar-refractivity contribution is 5.67. The number of hydrogen-bond acceptors (Lipinski definition) is 2. The number of aliphatic hydroxyl groups is 1. The van der Waals surface area contributed by atoms with Gasteiger partial charge in [-0.05, 0) is 32.4 Å². The standard InChI is InChI=1S/C17H18N2O/c1-11-4-7-14(8-5-11)16-17(13(3)20)19-10-12(2)6-9-15(19)18-16/h4-10,13,20H,1-3H3. The zero-order valence-electron chi connectivity index (χ0n) is 12.0. The van der Waals surface area contributed by atoms with Crippen molar-refractivity contribution in [2.24, 2.45) is 0 Å². The second-order valence-electron chi connectivity index (χ2n) is 5.32. The maximum Gasteiger partial charge on any atom is 0.137 e. The third-order valence-electron chi connectivity index (χ3n) is 3.52. The van der Waals surface area contributed by atoms with E-state index in [1.165, 1.54) is 5.56 Å². The summed E-state index contributed by atoms with van der Waals surface area (Å²) in [4.78, 5) is 4.68. The number of aliphatic hydroxyl groups excluding tert-OH is 1. The molecular formula is C17H18N2O. The fraction of sp³-hybridized carbons (Fsp3) is 0.235. The molecular weight excluding hydrogens is 248 g/mol. The summed E-state index contributed by atoms with van der Waals surface area (Å²) < 4.78 is 1.98. The highest BCUT2D eigenvalue weighted by Gasteiger charge is 2.17. The van der Waals surface area contributed by atoms with E-state index in [-0.39, 0.29) is 0 Å². The molecule has 0 aliphatic carbocycles. The molecule has 0 bridgehead atoms. The van der Waals surface area contributed by atoms with Crippen molar-refractivity contribution in [3.63, 3.8) is 0 Å². The SMILES string of the molecule is Cc1ccc(-c2nc3ccc(C)cn3c2C(C)O)cc1. The molecule has 0 spiro atoms. The van der Waals surface area contributed by atoms with Crippen LogP contribution >= 0.6 is 0 Å². The number of hydrogen-bond donors (Lipinski definition) is 1. The molecule has 1 unspecified atom stereocenters. The van der Waals surface area contributed by atoms with E-state index in [2.05, 4.69) is 36.2 Å². The van der Waals surface area contributed by atoms with Gasteiger partial charge in [0.05, 0.1) is 17.5 Å². The fourth-order valence-corrected chi connectivity index (χ4v) is 2.49. The molecule has 0 aliphatic rings. The van der Waals surface area contributed by atoms with E-state index in [1.807, 2.05) is 29.7 Å². The Kier molecular flexibility index (Phi) is 3.07. The topological polar surface area (TPSA) is 37.5 Å². The third kappa shape index (κ3) is 2.10. The molecule has 2 heterocycles. The predicted molar refractivity (Wildman–Crippen MR) is 80.7 cm³/mol. The smallest absolute Gasteiger partial charge is 0.137 e. The van der Waals surface area contributed by atoms with Crippen LogP contribution in [0.1, 0.15) is 29.8 Å². The van der Waals surface area contributed by atoms with Gasteiger partial charge in [-0.2, -0.15) is 0 Å². The number of fused-ring (bicyclic) bond motifs is 1. The number of imidazole rings is 1. The lowest BCUT2D eigenvalue weighted by Crippen LogP contribution is -1.99. The van der Waals surface area contributed by atoms with Gasteiger partial charge in [-0.15, -0.1) is 0 Å². The van der Waals surface area contributed by atoms with E-state index >= 15 is 0 Å². The Bertz CT molecular complexity index is 755. The summed E-state index contributed by atoms with van der Waals surface area (Å²) in [5, 5.41) is 10.1. The van der Waals surface area contributed by atoms with Gasteiger partial charge >= 0.3 is 0 Å². The summed E-state index contributed by atoms with van der Waals surface area (Å²) >= 11 is 0. The molecule has 0 amide bonds. The minimum atomic E-state index is -0.567. The van der Waals surface area contributed by atoms with Gasteiger partial charge in [0.15, 0.2) is 0 Å². The quantitative estimate of drug-likeness (QED) is 0.768. The van der Waals surface area contributed by atoms with Crippen molar-refractivity contribution in [1.29, 1.82) is 0 Å². The Morgan fingerprint density at radius 2 is 1.65 bits per heavy atom. The van der Waals surface area contributed by atoms with Crippen LogP contribution in [0.5, 0.6) is 0 Å². The van der Waals surface area contributed by atoms with Crippen LogP contribution in [-0.4, -0.2) is 14.5 Å². The first kappa shape index (κ1) is 12.9. The van der Waals surface area contributed by atoms with Gasteiger partial charge in [-0.1, -0.05) is 35.9 Å². The van der Waals surface area contributed by atoms with Crippen molar-refractivity contribution in [2.45, 2.75) is 26.9 Å². The molecule has 3 rings (SSSR count). The van der Waals surface area contributed by atoms with Crippen LogP contribution in [0.2, 0.25) is 0 Å². The zero-order valence-corrected chi connectivity index (χ0v) is 12.0. The van der Waals surface area contributed by atoms with Crippen LogP contribution in [0, 0.1) is 13.8 Å². The highest BCUT2D eigenvalue weighted by Crippen LogP contribution is 2.29. The Morgan fingerprint density at radius 3 is 2.30 bits per heavy atom. The van der Waals surface area contributed by atoms with Crippen molar-refractivity contribution in [2.75, 3.05) is 0 Å². The summed E-state index contributed by atoms with van der Waals surface area (Å²) in [5.74, 6) is 0. The maximum absolute atomic E-state index is 10.1. The third-order valence-corrected chi connectivity index (χ3v) is 3.52. The minimum Gasteiger partial charge on any atom is -0.387 e. The molecule has 0 fully saturated rings. The number of aryl methyl sites for hydroxylation is 2. The summed E-state index contributed by atoms with van der Waals surface area (Å²) in [6, 6.07) is 12.3. The van der Waals surface area contributed by atoms with Crippen LogP contribution in [0.4, 0.5) is 0 Å². The summed E-state index contributed by atoms with van der Waals surface area (Å²) in [6.45, 7) is 5.88. The lowest BCUT2D eigenvalue weighted by molar-refractivity contribution is 0.194. The Labute approximate surface area is 118 Å². The monoisotopic (exact) mass is 266 g/mol. The van der Waals surface area contributed by atoms with Gasteiger partial charge in [0, 0.05) is 11.8 Å². The molecule has 3 heteroatoms. The van der Waals surface area contributed by atoms with Crippen LogP contribution in [0.15, 0.2) is 42.6 Å². The Hall–Kier alpha value is -2.13. The van der Waals surface area contributed by atoms with E-state index in [9.17, 15) is 5.11 Å². The number of aromatic nitrogens is 2. The summed E-state index contributed by atoms with van der Waals surface area (Å²) in [7, 11) is 0. The number of nitrogens with zero attached hydrogens (tertiary/aromatic N) is 2. The van der Waals surface area contributed by atoms with E-state index in [1.54, 1.807) is 6.92 Å². The molecule has 3 nitrogen and oxygen atoms in total. The highest BCUT2D eigenvalue weighted by atomic mass is 16.3. The van der Waals surface area contributed by atoms with Gasteiger partial charge in [-0.3, -0.25) is 0 Å². The average molecular weight is 266 g/mol. The van der Waals surface area contributed by atoms with Crippen LogP contribution in [0.3, 0.4) is 0 Å². The first-order valence-corrected chi connectivity index (χ1v) is 6.80. The van der Waals surface area contributed by atoms with Crippen molar-refractivity contribution in [1.82, 2.24) is 9.38 Å². The van der Waals surface area contributed by atoms with E-state index in [0.29, 0.717) is 0 Å². The number of benzene rings is 1. The fourth-order valence-electron chi connectivity index (χ4n) is 2.49. The second-order valence-corrected chi connectivity index (χ2v) is 5.32. The van der Waals surface area contributed by atoms with Gasteiger partial charge < -0.3 is 9.51 Å². The Morgan fingerprint density at radius 1 is 1.00 bits per heavy atom. The molecule has 0 saturated carbocycles. The van der Waals surface area contributed by atoms with Crippen LogP contribution in [0.25, 0.3) is 16.9 Å². The first-order chi connectivity index (χ1) is 9.56. The van der Waals surface area contributed by atoms with E-state index < -0.39 is 6.10 Å². The normalized spacial score (nSPS) is 12.8. The molecule has 2 aromatic heterocycles. The molecule has 0 saturated heterocycles. The van der Waals surface area contributed by atoms with E-state index in [0.717, 1.165) is 28.2 Å². The van der Waals surface area contributed by atoms with Crippen molar-refractivity contribution < 1.29 is 5.11 Å². The second kappa shape index (κ2) is 4.76. The first-order valence-electron chi connectivity index (χ1n) is 6.80. The lowest BCUT2D eigenvalue weighted by Gasteiger charge is -2.08. The van der Waals surface area contributed by atoms with Gasteiger partial charge in [0.2, 0.25) is 0 Å². The van der Waals surface area contributed by atoms with Crippen molar-refractivity contribution in [3.8, 4) is 11.3 Å². The van der Waals surface area contributed by atoms with Gasteiger partial charge in [0.25, 0.3) is 0 Å². The molecule has 1 N–H and O–H groups in total. The van der Waals surface area contributed by atoms with Gasteiger partial charge in [-0.25, -0.2) is 4.98 Å². The summed E-state index contributed by atoms with van der Waals surface area (Å²) in [5.41, 5.74) is 5.95. The molecule has 102 valence electrons. The largest absolute Gasteiger partial charge is 0.387 e. The lowest BCUT2D eigenvalue weighted by atomic mass is 10.1. The molecule has 1 atom stereocenters. The van der Waals surface area contributed by atoms with Crippen molar-refractivity contribution >= 4 is 5.65 Å². The molecule has 20 heavy (non-hydrogen) atoms. The average Bonchev–Trinajstić information content (AvgIpc) is 2.78. The van der Waals surface area contributed by atoms with E-state index in [4.69, 9.17) is 0 Å². The molecule has 1 aromatic carbocycles. The Balaban J connectivity index is 2.29. The predicted octanol–water partition coefficient (Wildman–Crippen LogP) is 3.67. The maximum atomic E-state index is 10.1. The van der Waals surface area contributed by atoms with Crippen molar-refractivity contribution in [3.05, 3.63) is 59.4 Å². The minimum absolute atomic E-state index is 0.567. The molecule has 3 aromatic rings. The van der Waals surface area contributed by atoms with Gasteiger partial charge in [0.1, 0.15) is 5.65 Å².